The van der Waals surface area contributed by atoms with E-state index < -0.39 is 5.54 Å². The summed E-state index contributed by atoms with van der Waals surface area (Å²) in [5.74, 6) is 1.15. The fraction of sp³-hybridized carbons (Fsp3) is 0.960. The van der Waals surface area contributed by atoms with Gasteiger partial charge in [0.1, 0.15) is 0 Å². The number of rotatable bonds is 4. The molecule has 10 atom stereocenters. The molecular formula is C25H45N3O2. The molecule has 0 spiro atoms. The average Bonchev–Trinajstić information content (AvgIpc) is 2.98. The van der Waals surface area contributed by atoms with Crippen LogP contribution in [0.15, 0.2) is 0 Å². The molecule has 0 aromatic rings. The minimum Gasteiger partial charge on any atom is -0.393 e. The van der Waals surface area contributed by atoms with Crippen molar-refractivity contribution in [2.24, 2.45) is 57.6 Å². The Labute approximate surface area is 182 Å². The average molecular weight is 420 g/mol. The first-order valence-corrected chi connectivity index (χ1v) is 12.5. The molecule has 4 rings (SSSR count). The Bertz CT molecular complexity index is 700. The summed E-state index contributed by atoms with van der Waals surface area (Å²) < 4.78 is 0. The maximum atomic E-state index is 14.1. The van der Waals surface area contributed by atoms with E-state index in [1.165, 1.54) is 0 Å². The molecule has 4 fully saturated rings. The molecule has 4 saturated carbocycles. The van der Waals surface area contributed by atoms with Gasteiger partial charge < -0.3 is 22.3 Å². The number of aliphatic hydroxyl groups excluding tert-OH is 1. The largest absolute Gasteiger partial charge is 0.393 e. The molecule has 0 aliphatic heterocycles. The van der Waals surface area contributed by atoms with E-state index in [4.69, 9.17) is 17.2 Å². The summed E-state index contributed by atoms with van der Waals surface area (Å²) in [5, 5.41) is 10.4. The lowest BCUT2D eigenvalue weighted by Crippen LogP contribution is -2.76. The first kappa shape index (κ1) is 22.7. The van der Waals surface area contributed by atoms with Crippen LogP contribution in [0.5, 0.6) is 0 Å². The highest BCUT2D eigenvalue weighted by molar-refractivity contribution is 5.93. The number of carbonyl (C=O) groups is 1. The van der Waals surface area contributed by atoms with Gasteiger partial charge in [-0.1, -0.05) is 27.7 Å². The number of aliphatic hydroxyl groups is 1. The van der Waals surface area contributed by atoms with Crippen LogP contribution in [0.4, 0.5) is 0 Å². The number of hydrogen-bond donors (Lipinski definition) is 4. The minimum absolute atomic E-state index is 0.0343. The van der Waals surface area contributed by atoms with Crippen molar-refractivity contribution in [3.63, 3.8) is 0 Å². The van der Waals surface area contributed by atoms with Crippen LogP contribution in [0.2, 0.25) is 0 Å². The molecule has 4 aliphatic carbocycles. The molecule has 7 unspecified atom stereocenters. The molecule has 0 radical (unpaired) electrons. The van der Waals surface area contributed by atoms with Crippen molar-refractivity contribution in [2.45, 2.75) is 103 Å². The van der Waals surface area contributed by atoms with Gasteiger partial charge in [0.25, 0.3) is 0 Å². The molecule has 0 amide bonds. The zero-order valence-electron chi connectivity index (χ0n) is 19.6. The van der Waals surface area contributed by atoms with Crippen molar-refractivity contribution >= 4 is 5.78 Å². The molecule has 5 nitrogen and oxygen atoms in total. The van der Waals surface area contributed by atoms with Crippen LogP contribution >= 0.6 is 0 Å². The molecular weight excluding hydrogens is 374 g/mol. The first-order valence-electron chi connectivity index (χ1n) is 12.5. The summed E-state index contributed by atoms with van der Waals surface area (Å²) in [4.78, 5) is 14.1. The maximum Gasteiger partial charge on any atom is 0.156 e. The van der Waals surface area contributed by atoms with Crippen LogP contribution in [-0.2, 0) is 4.79 Å². The second-order valence-electron chi connectivity index (χ2n) is 12.0. The van der Waals surface area contributed by atoms with Gasteiger partial charge >= 0.3 is 0 Å². The molecule has 4 aliphatic rings. The van der Waals surface area contributed by atoms with Gasteiger partial charge in [0.15, 0.2) is 5.78 Å². The number of ketones is 1. The Kier molecular flexibility index (Phi) is 5.49. The van der Waals surface area contributed by atoms with E-state index in [-0.39, 0.29) is 51.9 Å². The zero-order chi connectivity index (χ0) is 22.1. The van der Waals surface area contributed by atoms with Gasteiger partial charge in [0.05, 0.1) is 11.6 Å². The van der Waals surface area contributed by atoms with E-state index in [9.17, 15) is 9.90 Å². The van der Waals surface area contributed by atoms with Crippen molar-refractivity contribution in [1.82, 2.24) is 0 Å². The molecule has 172 valence electrons. The van der Waals surface area contributed by atoms with Crippen molar-refractivity contribution in [3.8, 4) is 0 Å². The van der Waals surface area contributed by atoms with Gasteiger partial charge in [-0.05, 0) is 98.8 Å². The van der Waals surface area contributed by atoms with E-state index in [0.717, 1.165) is 57.8 Å². The standard InChI is InChI=1S/C25H45N3O2/c1-5-17-18-14-16(29)6-10-22(18,3)19-7-11-23(4)20(25(19,28)21(17)30)8-12-24(23,27)15(2)9-13-26/h15-20,29H,5-14,26-28H2,1-4H3/t15-,16-,17?,18?,19?,20?,22?,23?,24+,25?/m1/s1. The normalized spacial score (nSPS) is 54.3. The Balaban J connectivity index is 1.78. The number of carbonyl (C=O) groups excluding carboxylic acids is 1. The Hall–Kier alpha value is -0.490. The van der Waals surface area contributed by atoms with Gasteiger partial charge in [-0.25, -0.2) is 0 Å². The van der Waals surface area contributed by atoms with Gasteiger partial charge in [-0.3, -0.25) is 4.79 Å². The lowest BCUT2D eigenvalue weighted by Gasteiger charge is -2.67. The summed E-state index contributed by atoms with van der Waals surface area (Å²) >= 11 is 0. The third kappa shape index (κ3) is 2.64. The number of nitrogens with two attached hydrogens (primary N) is 3. The van der Waals surface area contributed by atoms with Gasteiger partial charge in [0, 0.05) is 11.5 Å². The maximum absolute atomic E-state index is 14.1. The van der Waals surface area contributed by atoms with Gasteiger partial charge in [-0.2, -0.15) is 0 Å². The van der Waals surface area contributed by atoms with E-state index >= 15 is 0 Å². The van der Waals surface area contributed by atoms with E-state index in [1.807, 2.05) is 0 Å². The fourth-order valence-corrected chi connectivity index (χ4v) is 9.32. The van der Waals surface area contributed by atoms with Crippen LogP contribution in [0, 0.1) is 40.4 Å². The van der Waals surface area contributed by atoms with Crippen molar-refractivity contribution < 1.29 is 9.90 Å². The third-order valence-corrected chi connectivity index (χ3v) is 11.1. The number of hydrogen-bond acceptors (Lipinski definition) is 5. The molecule has 0 saturated heterocycles. The van der Waals surface area contributed by atoms with Gasteiger partial charge in [-0.15, -0.1) is 0 Å². The lowest BCUT2D eigenvalue weighted by atomic mass is 9.38. The van der Waals surface area contributed by atoms with Crippen LogP contribution in [0.1, 0.15) is 85.5 Å². The minimum atomic E-state index is -0.787. The van der Waals surface area contributed by atoms with E-state index in [1.54, 1.807) is 0 Å². The van der Waals surface area contributed by atoms with Gasteiger partial charge in [0.2, 0.25) is 0 Å². The summed E-state index contributed by atoms with van der Waals surface area (Å²) in [7, 11) is 0. The van der Waals surface area contributed by atoms with Crippen LogP contribution < -0.4 is 17.2 Å². The Morgan fingerprint density at radius 3 is 2.40 bits per heavy atom. The topological polar surface area (TPSA) is 115 Å². The molecule has 0 bridgehead atoms. The van der Waals surface area contributed by atoms with Crippen molar-refractivity contribution in [1.29, 1.82) is 0 Å². The first-order chi connectivity index (χ1) is 14.0. The second kappa shape index (κ2) is 7.26. The van der Waals surface area contributed by atoms with E-state index in [0.29, 0.717) is 12.5 Å². The molecule has 5 heteroatoms. The number of Topliss-reactive ketones (excluding diaryl/α,β-unsaturated/α-hetero) is 1. The van der Waals surface area contributed by atoms with Crippen molar-refractivity contribution in [2.75, 3.05) is 6.54 Å². The smallest absolute Gasteiger partial charge is 0.156 e. The predicted octanol–water partition coefficient (Wildman–Crippen LogP) is 2.97. The van der Waals surface area contributed by atoms with Crippen LogP contribution in [0.25, 0.3) is 0 Å². The molecule has 0 heterocycles. The van der Waals surface area contributed by atoms with Crippen molar-refractivity contribution in [3.05, 3.63) is 0 Å². The monoisotopic (exact) mass is 419 g/mol. The van der Waals surface area contributed by atoms with Crippen LogP contribution in [0.3, 0.4) is 0 Å². The quantitative estimate of drug-likeness (QED) is 0.559. The lowest BCUT2D eigenvalue weighted by molar-refractivity contribution is -0.180. The summed E-state index contributed by atoms with van der Waals surface area (Å²) in [6.45, 7) is 9.73. The molecule has 7 N–H and O–H groups in total. The highest BCUT2D eigenvalue weighted by Gasteiger charge is 2.73. The molecule has 0 aromatic heterocycles. The second-order valence-corrected chi connectivity index (χ2v) is 12.0. The molecule has 0 aromatic carbocycles. The Morgan fingerprint density at radius 2 is 1.77 bits per heavy atom. The predicted molar refractivity (Wildman–Crippen MR) is 120 cm³/mol. The fourth-order valence-electron chi connectivity index (χ4n) is 9.32. The third-order valence-electron chi connectivity index (χ3n) is 11.1. The highest BCUT2D eigenvalue weighted by Crippen LogP contribution is 2.69. The number of fused-ring (bicyclic) bond motifs is 5. The Morgan fingerprint density at radius 1 is 1.10 bits per heavy atom. The summed E-state index contributed by atoms with van der Waals surface area (Å²) in [6, 6.07) is 0. The SMILES string of the molecule is CCC1C(=O)C2(N)C(CCC3(C)C2CC[C@]3(N)[C@H](C)CCN)C2(C)CC[C@@H](O)CC12. The zero-order valence-corrected chi connectivity index (χ0v) is 19.6. The highest BCUT2D eigenvalue weighted by atomic mass is 16.3. The molecule has 30 heavy (non-hydrogen) atoms. The summed E-state index contributed by atoms with van der Waals surface area (Å²) in [6.07, 6.45) is 7.93. The van der Waals surface area contributed by atoms with E-state index in [2.05, 4.69) is 27.7 Å². The van der Waals surface area contributed by atoms with Crippen LogP contribution in [-0.4, -0.2) is 34.6 Å². The summed E-state index contributed by atoms with van der Waals surface area (Å²) in [5.41, 5.74) is 19.3.